The predicted octanol–water partition coefficient (Wildman–Crippen LogP) is 6.96. The van der Waals surface area contributed by atoms with Crippen molar-refractivity contribution in [3.63, 3.8) is 0 Å². The highest BCUT2D eigenvalue weighted by atomic mass is 16.5. The largest absolute Gasteiger partial charge is 0.508 e. The van der Waals surface area contributed by atoms with Crippen LogP contribution < -0.4 is 0 Å². The molecule has 0 radical (unpaired) electrons. The van der Waals surface area contributed by atoms with Gasteiger partial charge in [-0.3, -0.25) is 9.59 Å². The Morgan fingerprint density at radius 3 is 1.37 bits per heavy atom. The number of Topliss-reactive ketones (excluding diaryl/α,β-unsaturated/α-hetero) is 2. The molecule has 4 aliphatic rings. The molecule has 2 heterocycles. The summed E-state index contributed by atoms with van der Waals surface area (Å²) in [5.41, 5.74) is 7.33. The maximum absolute atomic E-state index is 12.6. The highest BCUT2D eigenvalue weighted by molar-refractivity contribution is 6.01. The Balaban J connectivity index is 0.000000147. The SMILES string of the molecule is C[C@@H]1CC(=O)c2c(ccc(O)c2[C@@H]2OCc3c(O)cccc32)C1.C[C@@H]1CC(=O)c2c(ccc(O)c2[C@H]2OCc3c(O)cccc32)C1. The van der Waals surface area contributed by atoms with E-state index in [0.717, 1.165) is 46.2 Å². The first-order valence-corrected chi connectivity index (χ1v) is 15.7. The van der Waals surface area contributed by atoms with Gasteiger partial charge in [-0.15, -0.1) is 0 Å². The summed E-state index contributed by atoms with van der Waals surface area (Å²) in [4.78, 5) is 25.2. The third-order valence-corrected chi connectivity index (χ3v) is 9.63. The number of hydrogen-bond acceptors (Lipinski definition) is 8. The highest BCUT2D eigenvalue weighted by Gasteiger charge is 2.37. The average Bonchev–Trinajstić information content (AvgIpc) is 3.64. The van der Waals surface area contributed by atoms with Crippen LogP contribution in [0.4, 0.5) is 0 Å². The zero-order chi connectivity index (χ0) is 32.3. The lowest BCUT2D eigenvalue weighted by Crippen LogP contribution is -2.21. The quantitative estimate of drug-likeness (QED) is 0.189. The number of rotatable bonds is 2. The molecule has 4 aromatic rings. The van der Waals surface area contributed by atoms with Gasteiger partial charge in [0.05, 0.1) is 13.2 Å². The summed E-state index contributed by atoms with van der Waals surface area (Å²) in [6, 6.07) is 17.5. The third kappa shape index (κ3) is 5.02. The maximum Gasteiger partial charge on any atom is 0.163 e. The van der Waals surface area contributed by atoms with Crippen LogP contribution in [0.25, 0.3) is 0 Å². The summed E-state index contributed by atoms with van der Waals surface area (Å²) in [5.74, 6) is 1.27. The van der Waals surface area contributed by atoms with Crippen LogP contribution in [0.5, 0.6) is 23.0 Å². The number of ether oxygens (including phenoxy) is 2. The van der Waals surface area contributed by atoms with Crippen LogP contribution in [0.2, 0.25) is 0 Å². The number of benzene rings is 4. The topological polar surface area (TPSA) is 134 Å². The number of ketones is 2. The molecule has 0 saturated heterocycles. The highest BCUT2D eigenvalue weighted by Crippen LogP contribution is 2.47. The van der Waals surface area contributed by atoms with Crippen LogP contribution in [-0.4, -0.2) is 32.0 Å². The van der Waals surface area contributed by atoms with Gasteiger partial charge in [-0.1, -0.05) is 50.2 Å². The zero-order valence-electron chi connectivity index (χ0n) is 25.7. The molecular formula is C38H36O8. The van der Waals surface area contributed by atoms with Gasteiger partial charge >= 0.3 is 0 Å². The number of hydrogen-bond donors (Lipinski definition) is 4. The summed E-state index contributed by atoms with van der Waals surface area (Å²) in [6.07, 6.45) is 1.61. The third-order valence-electron chi connectivity index (χ3n) is 9.63. The molecule has 0 unspecified atom stereocenters. The van der Waals surface area contributed by atoms with Crippen LogP contribution in [-0.2, 0) is 35.5 Å². The van der Waals surface area contributed by atoms with E-state index in [1.807, 2.05) is 24.3 Å². The Labute approximate surface area is 266 Å². The average molecular weight is 621 g/mol. The Morgan fingerprint density at radius 2 is 0.957 bits per heavy atom. The monoisotopic (exact) mass is 620 g/mol. The normalized spacial score (nSPS) is 22.7. The molecule has 4 aromatic carbocycles. The molecule has 0 spiro atoms. The van der Waals surface area contributed by atoms with Crippen LogP contribution >= 0.6 is 0 Å². The molecule has 236 valence electrons. The molecule has 2 aliphatic carbocycles. The first kappa shape index (κ1) is 30.0. The molecule has 0 bridgehead atoms. The van der Waals surface area contributed by atoms with E-state index in [1.54, 1.807) is 36.4 Å². The van der Waals surface area contributed by atoms with E-state index >= 15 is 0 Å². The lowest BCUT2D eigenvalue weighted by atomic mass is 9.79. The van der Waals surface area contributed by atoms with Gasteiger partial charge in [0.2, 0.25) is 0 Å². The summed E-state index contributed by atoms with van der Waals surface area (Å²) >= 11 is 0. The number of aromatic hydroxyl groups is 4. The fraction of sp³-hybridized carbons (Fsp3) is 0.316. The van der Waals surface area contributed by atoms with Crippen molar-refractivity contribution in [2.45, 2.75) is 65.0 Å². The predicted molar refractivity (Wildman–Crippen MR) is 169 cm³/mol. The molecule has 0 fully saturated rings. The van der Waals surface area contributed by atoms with Gasteiger partial charge in [-0.2, -0.15) is 0 Å². The van der Waals surface area contributed by atoms with Crippen molar-refractivity contribution in [3.05, 3.63) is 116 Å². The van der Waals surface area contributed by atoms with Gasteiger partial charge < -0.3 is 29.9 Å². The molecule has 4 atom stereocenters. The summed E-state index contributed by atoms with van der Waals surface area (Å²) < 4.78 is 11.7. The second-order valence-electron chi connectivity index (χ2n) is 13.0. The summed E-state index contributed by atoms with van der Waals surface area (Å²) in [6.45, 7) is 4.68. The van der Waals surface area contributed by atoms with Crippen LogP contribution in [0.1, 0.15) is 104 Å². The van der Waals surface area contributed by atoms with E-state index in [2.05, 4.69) is 13.8 Å². The zero-order valence-corrected chi connectivity index (χ0v) is 25.7. The minimum Gasteiger partial charge on any atom is -0.508 e. The molecule has 2 aliphatic heterocycles. The van der Waals surface area contributed by atoms with E-state index in [-0.39, 0.29) is 47.8 Å². The second kappa shape index (κ2) is 11.6. The van der Waals surface area contributed by atoms with Crippen molar-refractivity contribution in [1.82, 2.24) is 0 Å². The van der Waals surface area contributed by atoms with Crippen molar-refractivity contribution in [1.29, 1.82) is 0 Å². The molecule has 8 nitrogen and oxygen atoms in total. The van der Waals surface area contributed by atoms with Gasteiger partial charge in [0.25, 0.3) is 0 Å². The van der Waals surface area contributed by atoms with Gasteiger partial charge in [-0.25, -0.2) is 0 Å². The first-order valence-electron chi connectivity index (χ1n) is 15.7. The Bertz CT molecular complexity index is 1760. The molecule has 0 saturated carbocycles. The minimum atomic E-state index is -0.510. The maximum atomic E-state index is 12.6. The Hall–Kier alpha value is -4.66. The standard InChI is InChI=1S/2C19H18O4/c2*1-10-7-11-5-6-15(21)18(17(11)16(22)8-10)19-12-3-2-4-14(20)13(12)9-23-19/h2*2-6,10,19-21H,7-9H2,1H3/t10-,19+;10-,19-/m00/s1. The van der Waals surface area contributed by atoms with Gasteiger partial charge in [0, 0.05) is 46.2 Å². The molecule has 8 heteroatoms. The summed E-state index contributed by atoms with van der Waals surface area (Å²) in [7, 11) is 0. The molecule has 46 heavy (non-hydrogen) atoms. The number of carbonyl (C=O) groups is 2. The van der Waals surface area contributed by atoms with Crippen LogP contribution in [0.3, 0.4) is 0 Å². The lowest BCUT2D eigenvalue weighted by molar-refractivity contribution is 0.0858. The number of phenolic OH excluding ortho intramolecular Hbond substituents is 4. The van der Waals surface area contributed by atoms with Crippen molar-refractivity contribution in [2.24, 2.45) is 11.8 Å². The van der Waals surface area contributed by atoms with E-state index in [0.29, 0.717) is 46.9 Å². The number of phenols is 4. The van der Waals surface area contributed by atoms with Gasteiger partial charge in [0.1, 0.15) is 35.2 Å². The van der Waals surface area contributed by atoms with Crippen molar-refractivity contribution >= 4 is 11.6 Å². The minimum absolute atomic E-state index is 0.0573. The number of carbonyl (C=O) groups excluding carboxylic acids is 2. The van der Waals surface area contributed by atoms with Gasteiger partial charge in [0.15, 0.2) is 11.6 Å². The molecule has 4 N–H and O–H groups in total. The molecule has 0 amide bonds. The van der Waals surface area contributed by atoms with Crippen LogP contribution in [0, 0.1) is 11.8 Å². The smallest absolute Gasteiger partial charge is 0.163 e. The number of fused-ring (bicyclic) bond motifs is 4. The second-order valence-corrected chi connectivity index (χ2v) is 13.0. The van der Waals surface area contributed by atoms with Crippen molar-refractivity contribution in [3.8, 4) is 23.0 Å². The fourth-order valence-corrected chi connectivity index (χ4v) is 7.55. The first-order chi connectivity index (χ1) is 22.1. The molecule has 8 rings (SSSR count). The lowest BCUT2D eigenvalue weighted by Gasteiger charge is -2.25. The van der Waals surface area contributed by atoms with Crippen molar-refractivity contribution in [2.75, 3.05) is 0 Å². The Kier molecular flexibility index (Phi) is 7.57. The van der Waals surface area contributed by atoms with E-state index in [4.69, 9.17) is 9.47 Å². The van der Waals surface area contributed by atoms with E-state index in [1.165, 1.54) is 0 Å². The van der Waals surface area contributed by atoms with E-state index in [9.17, 15) is 30.0 Å². The molecular weight excluding hydrogens is 584 g/mol. The van der Waals surface area contributed by atoms with E-state index < -0.39 is 12.2 Å². The van der Waals surface area contributed by atoms with Gasteiger partial charge in [-0.05, 0) is 71.2 Å². The van der Waals surface area contributed by atoms with Crippen molar-refractivity contribution < 1.29 is 39.5 Å². The molecule has 0 aromatic heterocycles. The fourth-order valence-electron chi connectivity index (χ4n) is 7.55. The Morgan fingerprint density at radius 1 is 0.543 bits per heavy atom. The van der Waals surface area contributed by atoms with Crippen LogP contribution in [0.15, 0.2) is 60.7 Å². The summed E-state index contributed by atoms with van der Waals surface area (Å²) in [5, 5.41) is 40.8.